The average Bonchev–Trinajstić information content (AvgIpc) is 3.06. The second kappa shape index (κ2) is 9.82. The molecule has 0 aliphatic carbocycles. The van der Waals surface area contributed by atoms with E-state index in [2.05, 4.69) is 20.6 Å². The average molecular weight is 487 g/mol. The molecular weight excluding hydrogens is 463 g/mol. The van der Waals surface area contributed by atoms with Gasteiger partial charge in [-0.3, -0.25) is 9.98 Å². The summed E-state index contributed by atoms with van der Waals surface area (Å²) in [5, 5.41) is 6.54. The topological polar surface area (TPSA) is 52.6 Å². The number of hydrogen-bond acceptors (Lipinski definition) is 3. The SMILES string of the molecule is CN=C(NCc1cccc(C)n1)NC1CCN(c2c(F)cccc2F)C1.I. The Kier molecular flexibility index (Phi) is 7.76. The molecule has 1 saturated heterocycles. The van der Waals surface area contributed by atoms with Crippen LogP contribution in [0.25, 0.3) is 0 Å². The number of nitrogens with zero attached hydrogens (tertiary/aromatic N) is 3. The summed E-state index contributed by atoms with van der Waals surface area (Å²) >= 11 is 0. The van der Waals surface area contributed by atoms with Crippen molar-refractivity contribution in [2.75, 3.05) is 25.0 Å². The summed E-state index contributed by atoms with van der Waals surface area (Å²) in [5.74, 6) is -0.411. The highest BCUT2D eigenvalue weighted by Gasteiger charge is 2.27. The number of nitrogens with one attached hydrogen (secondary N) is 2. The molecule has 2 aromatic rings. The zero-order chi connectivity index (χ0) is 18.5. The molecule has 1 aromatic heterocycles. The van der Waals surface area contributed by atoms with E-state index < -0.39 is 11.6 Å². The van der Waals surface area contributed by atoms with Crippen LogP contribution in [0.4, 0.5) is 14.5 Å². The van der Waals surface area contributed by atoms with E-state index in [1.54, 1.807) is 11.9 Å². The Hall–Kier alpha value is -1.97. The molecule has 5 nitrogen and oxygen atoms in total. The predicted molar refractivity (Wildman–Crippen MR) is 115 cm³/mol. The Morgan fingerprint density at radius 3 is 2.59 bits per heavy atom. The van der Waals surface area contributed by atoms with Gasteiger partial charge in [0.25, 0.3) is 0 Å². The molecule has 1 atom stereocenters. The van der Waals surface area contributed by atoms with Crippen LogP contribution in [0.2, 0.25) is 0 Å². The van der Waals surface area contributed by atoms with Gasteiger partial charge in [-0.15, -0.1) is 24.0 Å². The van der Waals surface area contributed by atoms with Gasteiger partial charge < -0.3 is 15.5 Å². The molecular formula is C19H24F2IN5. The van der Waals surface area contributed by atoms with Crippen LogP contribution < -0.4 is 15.5 Å². The molecule has 0 radical (unpaired) electrons. The first-order valence-electron chi connectivity index (χ1n) is 8.65. The van der Waals surface area contributed by atoms with Crippen LogP contribution in [0.1, 0.15) is 17.8 Å². The standard InChI is InChI=1S/C19H23F2N5.HI/c1-13-5-3-6-14(24-13)11-23-19(22-2)25-15-9-10-26(12-15)18-16(20)7-4-8-17(18)21;/h3-8,15H,9-12H2,1-2H3,(H2,22,23,25);1H. The number of guanidine groups is 1. The lowest BCUT2D eigenvalue weighted by Crippen LogP contribution is -2.44. The largest absolute Gasteiger partial charge is 0.365 e. The van der Waals surface area contributed by atoms with Crippen molar-refractivity contribution in [3.8, 4) is 0 Å². The van der Waals surface area contributed by atoms with E-state index in [4.69, 9.17) is 0 Å². The third-order valence-corrected chi connectivity index (χ3v) is 4.39. The molecule has 0 amide bonds. The molecule has 27 heavy (non-hydrogen) atoms. The van der Waals surface area contributed by atoms with Crippen molar-refractivity contribution < 1.29 is 8.78 Å². The molecule has 146 valence electrons. The van der Waals surface area contributed by atoms with E-state index in [1.165, 1.54) is 18.2 Å². The highest BCUT2D eigenvalue weighted by molar-refractivity contribution is 14.0. The van der Waals surface area contributed by atoms with Crippen molar-refractivity contribution in [2.45, 2.75) is 25.9 Å². The Labute approximate surface area is 175 Å². The van der Waals surface area contributed by atoms with Gasteiger partial charge in [0.15, 0.2) is 5.96 Å². The van der Waals surface area contributed by atoms with Gasteiger partial charge in [-0.05, 0) is 37.6 Å². The van der Waals surface area contributed by atoms with Gasteiger partial charge in [-0.1, -0.05) is 12.1 Å². The molecule has 1 unspecified atom stereocenters. The number of halogens is 3. The fourth-order valence-corrected chi connectivity index (χ4v) is 3.13. The van der Waals surface area contributed by atoms with E-state index in [0.29, 0.717) is 25.6 Å². The zero-order valence-electron chi connectivity index (χ0n) is 15.4. The maximum atomic E-state index is 14.0. The van der Waals surface area contributed by atoms with Crippen molar-refractivity contribution in [2.24, 2.45) is 4.99 Å². The lowest BCUT2D eigenvalue weighted by atomic mass is 10.2. The fraction of sp³-hybridized carbons (Fsp3) is 0.368. The Balaban J connectivity index is 0.00000261. The van der Waals surface area contributed by atoms with Gasteiger partial charge in [0.05, 0.1) is 12.2 Å². The van der Waals surface area contributed by atoms with Gasteiger partial charge in [0, 0.05) is 31.9 Å². The molecule has 1 aromatic carbocycles. The Bertz CT molecular complexity index is 779. The van der Waals surface area contributed by atoms with Crippen LogP contribution in [0.15, 0.2) is 41.4 Å². The monoisotopic (exact) mass is 487 g/mol. The van der Waals surface area contributed by atoms with E-state index in [1.807, 2.05) is 25.1 Å². The summed E-state index contributed by atoms with van der Waals surface area (Å²) in [4.78, 5) is 10.4. The summed E-state index contributed by atoms with van der Waals surface area (Å²) in [7, 11) is 1.70. The third-order valence-electron chi connectivity index (χ3n) is 4.39. The number of hydrogen-bond donors (Lipinski definition) is 2. The first-order valence-corrected chi connectivity index (χ1v) is 8.65. The number of aromatic nitrogens is 1. The highest BCUT2D eigenvalue weighted by atomic mass is 127. The minimum Gasteiger partial charge on any atom is -0.365 e. The molecule has 3 rings (SSSR count). The third kappa shape index (κ3) is 5.50. The molecule has 2 heterocycles. The van der Waals surface area contributed by atoms with Gasteiger partial charge in [0.2, 0.25) is 0 Å². The van der Waals surface area contributed by atoms with Crippen molar-refractivity contribution in [1.82, 2.24) is 15.6 Å². The van der Waals surface area contributed by atoms with Crippen molar-refractivity contribution >= 4 is 35.6 Å². The Morgan fingerprint density at radius 1 is 1.22 bits per heavy atom. The van der Waals surface area contributed by atoms with Gasteiger partial charge in [-0.2, -0.15) is 0 Å². The number of para-hydroxylation sites is 1. The number of benzene rings is 1. The van der Waals surface area contributed by atoms with Crippen LogP contribution in [0, 0.1) is 18.6 Å². The lowest BCUT2D eigenvalue weighted by molar-refractivity contribution is 0.576. The summed E-state index contributed by atoms with van der Waals surface area (Å²) in [6.45, 7) is 3.61. The molecule has 1 fully saturated rings. The van der Waals surface area contributed by atoms with Crippen LogP contribution in [-0.4, -0.2) is 37.1 Å². The summed E-state index contributed by atoms with van der Waals surface area (Å²) in [6.07, 6.45) is 0.775. The lowest BCUT2D eigenvalue weighted by Gasteiger charge is -2.21. The smallest absolute Gasteiger partial charge is 0.191 e. The van der Waals surface area contributed by atoms with E-state index in [9.17, 15) is 8.78 Å². The maximum Gasteiger partial charge on any atom is 0.191 e. The number of aryl methyl sites for hydroxylation is 1. The molecule has 2 N–H and O–H groups in total. The molecule has 0 saturated carbocycles. The summed E-state index contributed by atoms with van der Waals surface area (Å²) in [5.41, 5.74) is 1.93. The number of anilines is 1. The molecule has 0 spiro atoms. The van der Waals surface area contributed by atoms with Crippen LogP contribution >= 0.6 is 24.0 Å². The minimum absolute atomic E-state index is 0. The van der Waals surface area contributed by atoms with Crippen molar-refractivity contribution in [3.05, 3.63) is 59.4 Å². The van der Waals surface area contributed by atoms with E-state index in [-0.39, 0.29) is 35.7 Å². The normalized spacial score (nSPS) is 16.8. The first-order chi connectivity index (χ1) is 12.6. The predicted octanol–water partition coefficient (Wildman–Crippen LogP) is 3.23. The molecule has 1 aliphatic rings. The maximum absolute atomic E-state index is 14.0. The number of aliphatic imine (C=N–C) groups is 1. The van der Waals surface area contributed by atoms with Crippen LogP contribution in [-0.2, 0) is 6.54 Å². The van der Waals surface area contributed by atoms with E-state index >= 15 is 0 Å². The number of rotatable bonds is 4. The van der Waals surface area contributed by atoms with Gasteiger partial charge in [-0.25, -0.2) is 8.78 Å². The zero-order valence-corrected chi connectivity index (χ0v) is 17.7. The second-order valence-electron chi connectivity index (χ2n) is 6.34. The highest BCUT2D eigenvalue weighted by Crippen LogP contribution is 2.26. The molecule has 8 heteroatoms. The minimum atomic E-state index is -0.529. The van der Waals surface area contributed by atoms with Gasteiger partial charge >= 0.3 is 0 Å². The molecule has 0 bridgehead atoms. The quantitative estimate of drug-likeness (QED) is 0.395. The van der Waals surface area contributed by atoms with Gasteiger partial charge in [0.1, 0.15) is 17.3 Å². The summed E-state index contributed by atoms with van der Waals surface area (Å²) < 4.78 is 27.9. The second-order valence-corrected chi connectivity index (χ2v) is 6.34. The Morgan fingerprint density at radius 2 is 1.93 bits per heavy atom. The van der Waals surface area contributed by atoms with Crippen LogP contribution in [0.3, 0.4) is 0 Å². The first kappa shape index (κ1) is 21.3. The van der Waals surface area contributed by atoms with Crippen LogP contribution in [0.5, 0.6) is 0 Å². The van der Waals surface area contributed by atoms with E-state index in [0.717, 1.165) is 17.8 Å². The van der Waals surface area contributed by atoms with Crippen molar-refractivity contribution in [3.63, 3.8) is 0 Å². The molecule has 1 aliphatic heterocycles. The number of pyridine rings is 1. The fourth-order valence-electron chi connectivity index (χ4n) is 3.13. The van der Waals surface area contributed by atoms with Crippen molar-refractivity contribution in [1.29, 1.82) is 0 Å². The summed E-state index contributed by atoms with van der Waals surface area (Å²) in [6, 6.07) is 9.88.